The molecule has 0 aromatic heterocycles. The number of thioether (sulfide) groups is 1. The quantitative estimate of drug-likeness (QED) is 0.210. The number of amides is 1. The molecule has 0 aliphatic carbocycles. The van der Waals surface area contributed by atoms with Crippen LogP contribution in [-0.2, 0) is 25.6 Å². The second kappa shape index (κ2) is 14.3. The van der Waals surface area contributed by atoms with Crippen molar-refractivity contribution in [1.29, 1.82) is 5.26 Å². The monoisotopic (exact) mass is 491 g/mol. The van der Waals surface area contributed by atoms with Crippen LogP contribution >= 0.6 is 11.8 Å². The van der Waals surface area contributed by atoms with Gasteiger partial charge in [-0.15, -0.1) is 0 Å². The zero-order valence-corrected chi connectivity index (χ0v) is 19.6. The van der Waals surface area contributed by atoms with Crippen molar-refractivity contribution >= 4 is 35.9 Å². The molecule has 0 radical (unpaired) electrons. The molecule has 1 amide bonds. The number of aldehydes is 1. The molecule has 1 unspecified atom stereocenters. The van der Waals surface area contributed by atoms with Gasteiger partial charge in [-0.25, -0.2) is 0 Å². The molecule has 11 nitrogen and oxygen atoms in total. The van der Waals surface area contributed by atoms with Crippen LogP contribution in [0.25, 0.3) is 0 Å². The molecule has 1 fully saturated rings. The maximum atomic E-state index is 12.6. The molecule has 0 bridgehead atoms. The summed E-state index contributed by atoms with van der Waals surface area (Å²) in [5.74, 6) is -2.28. The maximum Gasteiger partial charge on any atom is 0.317 e. The third kappa shape index (κ3) is 9.88. The zero-order chi connectivity index (χ0) is 24.9. The molecule has 12 heteroatoms. The molecule has 34 heavy (non-hydrogen) atoms. The molecule has 1 heterocycles. The standard InChI is InChI=1S/C22H29N5O6S/c23-16-34-19-3-1-17(2-4-19)11-20(29)24-12-18-13-26(14-21(30)31)6-5-25(9-10-28)7-8-27(18)15-22(32)33/h1-4,10,18H,5-9,11-15H2,(H,24,29)(H,30,31)(H,32,33). The smallest absolute Gasteiger partial charge is 0.317 e. The minimum Gasteiger partial charge on any atom is -0.480 e. The lowest BCUT2D eigenvalue weighted by Gasteiger charge is -2.33. The molecular weight excluding hydrogens is 462 g/mol. The van der Waals surface area contributed by atoms with Gasteiger partial charge in [0.2, 0.25) is 5.91 Å². The summed E-state index contributed by atoms with van der Waals surface area (Å²) in [5, 5.41) is 32.3. The molecule has 0 spiro atoms. The molecule has 1 aromatic rings. The topological polar surface area (TPSA) is 154 Å². The number of carboxylic acids is 2. The summed E-state index contributed by atoms with van der Waals surface area (Å²) < 4.78 is 0. The van der Waals surface area contributed by atoms with Crippen LogP contribution in [0.3, 0.4) is 0 Å². The number of nitriles is 1. The van der Waals surface area contributed by atoms with E-state index in [9.17, 15) is 29.4 Å². The number of hydrogen-bond acceptors (Lipinski definition) is 9. The number of nitrogens with one attached hydrogen (secondary N) is 1. The Kier molecular flexibility index (Phi) is 11.5. The van der Waals surface area contributed by atoms with Crippen LogP contribution in [0.15, 0.2) is 29.2 Å². The molecule has 1 saturated heterocycles. The maximum absolute atomic E-state index is 12.6. The van der Waals surface area contributed by atoms with Crippen molar-refractivity contribution in [2.24, 2.45) is 0 Å². The normalized spacial score (nSPS) is 18.1. The third-order valence-corrected chi connectivity index (χ3v) is 6.04. The number of nitrogens with zero attached hydrogens (tertiary/aromatic N) is 4. The highest BCUT2D eigenvalue weighted by Gasteiger charge is 2.27. The Balaban J connectivity index is 2.09. The highest BCUT2D eigenvalue weighted by molar-refractivity contribution is 8.03. The van der Waals surface area contributed by atoms with Crippen LogP contribution in [0.2, 0.25) is 0 Å². The summed E-state index contributed by atoms with van der Waals surface area (Å²) in [6, 6.07) is 6.64. The van der Waals surface area contributed by atoms with Crippen LogP contribution < -0.4 is 5.32 Å². The summed E-state index contributed by atoms with van der Waals surface area (Å²) in [6.07, 6.45) is 0.888. The van der Waals surface area contributed by atoms with E-state index in [-0.39, 0.29) is 45.1 Å². The van der Waals surface area contributed by atoms with Crippen LogP contribution in [-0.4, -0.2) is 114 Å². The van der Waals surface area contributed by atoms with Gasteiger partial charge in [-0.3, -0.25) is 29.1 Å². The largest absolute Gasteiger partial charge is 0.480 e. The minimum atomic E-state index is -1.03. The van der Waals surface area contributed by atoms with Gasteiger partial charge >= 0.3 is 11.9 Å². The summed E-state index contributed by atoms with van der Waals surface area (Å²) in [7, 11) is 0. The van der Waals surface area contributed by atoms with Crippen LogP contribution in [0.4, 0.5) is 0 Å². The van der Waals surface area contributed by atoms with Crippen LogP contribution in [0.5, 0.6) is 0 Å². The first-order chi connectivity index (χ1) is 16.3. The van der Waals surface area contributed by atoms with Gasteiger partial charge in [-0.2, -0.15) is 5.26 Å². The lowest BCUT2D eigenvalue weighted by Crippen LogP contribution is -2.52. The fourth-order valence-corrected chi connectivity index (χ4v) is 4.14. The van der Waals surface area contributed by atoms with E-state index in [4.69, 9.17) is 5.26 Å². The average Bonchev–Trinajstić information content (AvgIpc) is 2.84. The van der Waals surface area contributed by atoms with E-state index in [0.29, 0.717) is 26.2 Å². The van der Waals surface area contributed by atoms with E-state index in [1.165, 1.54) is 0 Å². The van der Waals surface area contributed by atoms with Gasteiger partial charge in [0.15, 0.2) is 0 Å². The van der Waals surface area contributed by atoms with Gasteiger partial charge in [0.05, 0.1) is 26.1 Å². The van der Waals surface area contributed by atoms with E-state index < -0.39 is 18.0 Å². The molecule has 3 N–H and O–H groups in total. The number of benzene rings is 1. The van der Waals surface area contributed by atoms with Gasteiger partial charge in [0, 0.05) is 50.2 Å². The zero-order valence-electron chi connectivity index (χ0n) is 18.8. The fraction of sp³-hybridized carbons (Fsp3) is 0.500. The molecule has 1 aromatic carbocycles. The Labute approximate surface area is 202 Å². The van der Waals surface area contributed by atoms with Crippen LogP contribution in [0, 0.1) is 10.7 Å². The lowest BCUT2D eigenvalue weighted by atomic mass is 10.1. The number of carboxylic acid groups (broad SMARTS) is 2. The van der Waals surface area contributed by atoms with Crippen molar-refractivity contribution in [2.75, 3.05) is 58.9 Å². The van der Waals surface area contributed by atoms with Gasteiger partial charge in [-0.05, 0) is 29.5 Å². The van der Waals surface area contributed by atoms with E-state index >= 15 is 0 Å². The average molecular weight is 492 g/mol. The number of thiocyanates is 1. The van der Waals surface area contributed by atoms with Crippen molar-refractivity contribution in [2.45, 2.75) is 17.4 Å². The Hall–Kier alpha value is -2.98. The Morgan fingerprint density at radius 1 is 1.06 bits per heavy atom. The first kappa shape index (κ1) is 27.3. The Morgan fingerprint density at radius 2 is 1.71 bits per heavy atom. The van der Waals surface area contributed by atoms with E-state index in [1.807, 2.05) is 10.3 Å². The van der Waals surface area contributed by atoms with Crippen molar-refractivity contribution in [3.63, 3.8) is 0 Å². The molecule has 1 atom stereocenters. The lowest BCUT2D eigenvalue weighted by molar-refractivity contribution is -0.140. The number of aliphatic carboxylic acids is 2. The van der Waals surface area contributed by atoms with Crippen molar-refractivity contribution < 1.29 is 29.4 Å². The Bertz CT molecular complexity index is 891. The number of rotatable bonds is 11. The Morgan fingerprint density at radius 3 is 2.32 bits per heavy atom. The van der Waals surface area contributed by atoms with E-state index in [1.54, 1.807) is 34.1 Å². The van der Waals surface area contributed by atoms with Gasteiger partial charge in [-0.1, -0.05) is 12.1 Å². The van der Waals surface area contributed by atoms with Gasteiger partial charge in [0.1, 0.15) is 11.7 Å². The molecule has 184 valence electrons. The molecule has 1 aliphatic heterocycles. The predicted octanol–water partition coefficient (Wildman–Crippen LogP) is -0.425. The van der Waals surface area contributed by atoms with E-state index in [0.717, 1.165) is 28.5 Å². The number of carbonyl (C=O) groups excluding carboxylic acids is 2. The van der Waals surface area contributed by atoms with Crippen molar-refractivity contribution in [1.82, 2.24) is 20.0 Å². The molecule has 2 rings (SSSR count). The number of hydrogen-bond donors (Lipinski definition) is 3. The van der Waals surface area contributed by atoms with E-state index in [2.05, 4.69) is 5.32 Å². The summed E-state index contributed by atoms with van der Waals surface area (Å²) in [6.45, 7) is 1.78. The minimum absolute atomic E-state index is 0.120. The SMILES string of the molecule is N#CSc1ccc(CC(=O)NCC2CN(CC(=O)O)CCN(CC=O)CCN2CC(=O)O)cc1. The second-order valence-corrected chi connectivity index (χ2v) is 8.79. The van der Waals surface area contributed by atoms with Crippen molar-refractivity contribution in [3.8, 4) is 5.40 Å². The molecule has 0 saturated carbocycles. The predicted molar refractivity (Wildman–Crippen MR) is 124 cm³/mol. The highest BCUT2D eigenvalue weighted by atomic mass is 32.2. The second-order valence-electron chi connectivity index (χ2n) is 7.93. The summed E-state index contributed by atoms with van der Waals surface area (Å²) in [4.78, 5) is 52.4. The highest BCUT2D eigenvalue weighted by Crippen LogP contribution is 2.17. The third-order valence-electron chi connectivity index (χ3n) is 5.44. The summed E-state index contributed by atoms with van der Waals surface area (Å²) >= 11 is 1.03. The fourth-order valence-electron chi connectivity index (χ4n) is 3.76. The summed E-state index contributed by atoms with van der Waals surface area (Å²) in [5.41, 5.74) is 0.772. The van der Waals surface area contributed by atoms with Gasteiger partial charge < -0.3 is 20.3 Å². The van der Waals surface area contributed by atoms with Crippen LogP contribution in [0.1, 0.15) is 5.56 Å². The number of carbonyl (C=O) groups is 4. The van der Waals surface area contributed by atoms with Crippen molar-refractivity contribution in [3.05, 3.63) is 29.8 Å². The first-order valence-corrected chi connectivity index (χ1v) is 11.6. The molecular formula is C22H29N5O6S. The first-order valence-electron chi connectivity index (χ1n) is 10.8. The molecule has 1 aliphatic rings. The van der Waals surface area contributed by atoms with Gasteiger partial charge in [0.25, 0.3) is 0 Å².